The largest absolute Gasteiger partial charge is 0.456 e. The number of carbonyl (C=O) groups excluding carboxylic acids is 1. The average molecular weight is 426 g/mol. The first kappa shape index (κ1) is 20.2. The normalized spacial score (nSPS) is 14.6. The molecule has 0 saturated carbocycles. The number of anilines is 1. The van der Waals surface area contributed by atoms with Crippen molar-refractivity contribution in [2.75, 3.05) is 24.2 Å². The van der Waals surface area contributed by atoms with Gasteiger partial charge in [0.15, 0.2) is 5.82 Å². The van der Waals surface area contributed by atoms with E-state index in [9.17, 15) is 13.2 Å². The maximum Gasteiger partial charge on any atom is 0.338 e. The van der Waals surface area contributed by atoms with Crippen LogP contribution in [0.15, 0.2) is 47.8 Å². The number of piperidine rings is 1. The molecule has 4 rings (SSSR count). The minimum atomic E-state index is -3.54. The van der Waals surface area contributed by atoms with Gasteiger partial charge in [-0.1, -0.05) is 18.2 Å². The molecule has 1 aromatic carbocycles. The summed E-state index contributed by atoms with van der Waals surface area (Å²) in [4.78, 5) is 27.3. The van der Waals surface area contributed by atoms with Crippen LogP contribution in [-0.4, -0.2) is 48.7 Å². The Hall–Kier alpha value is -3.07. The quantitative estimate of drug-likeness (QED) is 0.453. The van der Waals surface area contributed by atoms with Crippen LogP contribution < -0.4 is 4.90 Å². The molecule has 3 heterocycles. The van der Waals surface area contributed by atoms with Gasteiger partial charge in [0.2, 0.25) is 15.0 Å². The summed E-state index contributed by atoms with van der Waals surface area (Å²) in [5.74, 6) is 0.172. The maximum absolute atomic E-state index is 12.3. The SMILES string of the molecule is CS(=O)(=O)c1ncc2cc(COC(=O)c3ccccc3)nc(N3CCCCC3)c2n1. The molecule has 0 atom stereocenters. The van der Waals surface area contributed by atoms with Gasteiger partial charge < -0.3 is 9.64 Å². The van der Waals surface area contributed by atoms with Crippen molar-refractivity contribution >= 4 is 32.5 Å². The first-order valence-corrected chi connectivity index (χ1v) is 11.6. The molecule has 9 heteroatoms. The predicted octanol–water partition coefficient (Wildman–Crippen LogP) is 2.78. The van der Waals surface area contributed by atoms with Crippen LogP contribution in [0, 0.1) is 0 Å². The fourth-order valence-corrected chi connectivity index (χ4v) is 3.94. The number of ether oxygens (including phenoxy) is 1. The van der Waals surface area contributed by atoms with E-state index < -0.39 is 15.8 Å². The fourth-order valence-electron chi connectivity index (χ4n) is 3.44. The lowest BCUT2D eigenvalue weighted by atomic mass is 10.1. The van der Waals surface area contributed by atoms with Gasteiger partial charge in [-0.3, -0.25) is 0 Å². The van der Waals surface area contributed by atoms with Crippen molar-refractivity contribution in [3.05, 3.63) is 53.9 Å². The molecular formula is C21H22N4O4S. The number of sulfone groups is 1. The van der Waals surface area contributed by atoms with E-state index in [4.69, 9.17) is 4.74 Å². The van der Waals surface area contributed by atoms with Crippen LogP contribution in [0.2, 0.25) is 0 Å². The fraction of sp³-hybridized carbons (Fsp3) is 0.333. The molecule has 0 amide bonds. The number of nitrogens with zero attached hydrogens (tertiary/aromatic N) is 4. The molecule has 0 N–H and O–H groups in total. The highest BCUT2D eigenvalue weighted by Gasteiger charge is 2.20. The number of carbonyl (C=O) groups is 1. The highest BCUT2D eigenvalue weighted by atomic mass is 32.2. The van der Waals surface area contributed by atoms with Gasteiger partial charge in [0.05, 0.1) is 11.3 Å². The molecule has 30 heavy (non-hydrogen) atoms. The van der Waals surface area contributed by atoms with Crippen LogP contribution in [-0.2, 0) is 21.2 Å². The van der Waals surface area contributed by atoms with Gasteiger partial charge >= 0.3 is 5.97 Å². The molecule has 3 aromatic rings. The van der Waals surface area contributed by atoms with Gasteiger partial charge in [-0.05, 0) is 37.5 Å². The average Bonchev–Trinajstić information content (AvgIpc) is 2.77. The summed E-state index contributed by atoms with van der Waals surface area (Å²) in [5.41, 5.74) is 1.52. The number of hydrogen-bond acceptors (Lipinski definition) is 8. The molecule has 0 unspecified atom stereocenters. The summed E-state index contributed by atoms with van der Waals surface area (Å²) < 4.78 is 29.3. The number of hydrogen-bond donors (Lipinski definition) is 0. The van der Waals surface area contributed by atoms with Crippen molar-refractivity contribution in [3.63, 3.8) is 0 Å². The molecule has 8 nitrogen and oxygen atoms in total. The molecular weight excluding hydrogens is 404 g/mol. The topological polar surface area (TPSA) is 102 Å². The first-order chi connectivity index (χ1) is 14.4. The minimum absolute atomic E-state index is 0.00165. The second-order valence-corrected chi connectivity index (χ2v) is 9.20. The van der Waals surface area contributed by atoms with Gasteiger partial charge in [-0.25, -0.2) is 28.2 Å². The van der Waals surface area contributed by atoms with Gasteiger partial charge in [-0.2, -0.15) is 0 Å². The lowest BCUT2D eigenvalue weighted by Crippen LogP contribution is -2.31. The van der Waals surface area contributed by atoms with E-state index in [1.807, 2.05) is 6.07 Å². The van der Waals surface area contributed by atoms with Crippen LogP contribution in [0.25, 0.3) is 10.9 Å². The lowest BCUT2D eigenvalue weighted by molar-refractivity contribution is 0.0468. The Labute approximate surface area is 174 Å². The third-order valence-electron chi connectivity index (χ3n) is 4.93. The van der Waals surface area contributed by atoms with Crippen molar-refractivity contribution in [1.29, 1.82) is 0 Å². The zero-order valence-electron chi connectivity index (χ0n) is 16.6. The lowest BCUT2D eigenvalue weighted by Gasteiger charge is -2.28. The molecule has 0 spiro atoms. The number of rotatable bonds is 5. The standard InChI is InChI=1S/C21H22N4O4S/c1-30(27,28)21-22-13-16-12-17(14-29-20(26)15-8-4-2-5-9-15)23-19(18(16)24-21)25-10-6-3-7-11-25/h2,4-5,8-9,12-13H,3,6-7,10-11,14H2,1H3. The van der Waals surface area contributed by atoms with Gasteiger partial charge in [0.1, 0.15) is 12.1 Å². The van der Waals surface area contributed by atoms with Crippen LogP contribution in [0.5, 0.6) is 0 Å². The Morgan fingerprint density at radius 1 is 1.10 bits per heavy atom. The molecule has 1 saturated heterocycles. The smallest absolute Gasteiger partial charge is 0.338 e. The second-order valence-electron chi connectivity index (χ2n) is 7.29. The Kier molecular flexibility index (Phi) is 5.63. The Balaban J connectivity index is 1.69. The highest BCUT2D eigenvalue weighted by molar-refractivity contribution is 7.90. The van der Waals surface area contributed by atoms with E-state index in [1.165, 1.54) is 6.20 Å². The van der Waals surface area contributed by atoms with Crippen molar-refractivity contribution < 1.29 is 17.9 Å². The third-order valence-corrected chi connectivity index (χ3v) is 5.79. The van der Waals surface area contributed by atoms with E-state index >= 15 is 0 Å². The van der Waals surface area contributed by atoms with Crippen molar-refractivity contribution in [1.82, 2.24) is 15.0 Å². The Morgan fingerprint density at radius 2 is 1.83 bits per heavy atom. The zero-order chi connectivity index (χ0) is 21.1. The summed E-state index contributed by atoms with van der Waals surface area (Å²) in [7, 11) is -3.54. The van der Waals surface area contributed by atoms with Gasteiger partial charge in [-0.15, -0.1) is 0 Å². The molecule has 2 aromatic heterocycles. The summed E-state index contributed by atoms with van der Waals surface area (Å²) in [5, 5.41) is 0.432. The Morgan fingerprint density at radius 3 is 2.53 bits per heavy atom. The summed E-state index contributed by atoms with van der Waals surface area (Å²) in [6, 6.07) is 10.5. The number of pyridine rings is 1. The summed E-state index contributed by atoms with van der Waals surface area (Å²) in [6.45, 7) is 1.62. The molecule has 156 valence electrons. The highest BCUT2D eigenvalue weighted by Crippen LogP contribution is 2.27. The Bertz CT molecular complexity index is 1180. The maximum atomic E-state index is 12.3. The second kappa shape index (κ2) is 8.35. The monoisotopic (exact) mass is 426 g/mol. The first-order valence-electron chi connectivity index (χ1n) is 9.76. The van der Waals surface area contributed by atoms with Crippen LogP contribution in [0.1, 0.15) is 35.3 Å². The van der Waals surface area contributed by atoms with E-state index in [-0.39, 0.29) is 11.8 Å². The van der Waals surface area contributed by atoms with E-state index in [2.05, 4.69) is 19.9 Å². The number of aromatic nitrogens is 3. The zero-order valence-corrected chi connectivity index (χ0v) is 17.4. The van der Waals surface area contributed by atoms with E-state index in [0.717, 1.165) is 38.6 Å². The third kappa shape index (κ3) is 4.40. The minimum Gasteiger partial charge on any atom is -0.456 e. The van der Waals surface area contributed by atoms with Gasteiger partial charge in [0.25, 0.3) is 0 Å². The van der Waals surface area contributed by atoms with Crippen LogP contribution in [0.4, 0.5) is 5.82 Å². The van der Waals surface area contributed by atoms with Crippen LogP contribution >= 0.6 is 0 Å². The molecule has 0 bridgehead atoms. The summed E-state index contributed by atoms with van der Waals surface area (Å²) >= 11 is 0. The molecule has 0 aliphatic carbocycles. The van der Waals surface area contributed by atoms with Crippen molar-refractivity contribution in [2.24, 2.45) is 0 Å². The molecule has 1 aliphatic heterocycles. The summed E-state index contributed by atoms with van der Waals surface area (Å²) in [6.07, 6.45) is 5.77. The molecule has 0 radical (unpaired) electrons. The number of benzene rings is 1. The predicted molar refractivity (Wildman–Crippen MR) is 112 cm³/mol. The number of fused-ring (bicyclic) bond motifs is 1. The van der Waals surface area contributed by atoms with Crippen LogP contribution in [0.3, 0.4) is 0 Å². The number of esters is 1. The van der Waals surface area contributed by atoms with E-state index in [1.54, 1.807) is 30.3 Å². The van der Waals surface area contributed by atoms with Gasteiger partial charge in [0, 0.05) is 30.9 Å². The molecule has 1 aliphatic rings. The van der Waals surface area contributed by atoms with Crippen molar-refractivity contribution in [3.8, 4) is 0 Å². The molecule has 1 fully saturated rings. The van der Waals surface area contributed by atoms with Crippen molar-refractivity contribution in [2.45, 2.75) is 31.0 Å². The van der Waals surface area contributed by atoms with E-state index in [0.29, 0.717) is 28.0 Å².